The van der Waals surface area contributed by atoms with Gasteiger partial charge in [0, 0.05) is 29.1 Å². The first-order valence-corrected chi connectivity index (χ1v) is 13.7. The van der Waals surface area contributed by atoms with Crippen molar-refractivity contribution in [3.63, 3.8) is 0 Å². The number of aromatic nitrogens is 1. The molecule has 0 amide bonds. The third-order valence-electron chi connectivity index (χ3n) is 5.90. The van der Waals surface area contributed by atoms with Crippen molar-refractivity contribution in [1.82, 2.24) is 4.98 Å². The van der Waals surface area contributed by atoms with Gasteiger partial charge in [-0.1, -0.05) is 56.1 Å². The molecule has 32 heavy (non-hydrogen) atoms. The first-order chi connectivity index (χ1) is 15.1. The smallest absolute Gasteiger partial charge is 0.185 e. The van der Waals surface area contributed by atoms with Crippen LogP contribution in [0.5, 0.6) is 0 Å². The average Bonchev–Trinajstić information content (AvgIpc) is 3.23. The zero-order valence-electron chi connectivity index (χ0n) is 18.3. The van der Waals surface area contributed by atoms with Gasteiger partial charge < -0.3 is 4.90 Å². The van der Waals surface area contributed by atoms with E-state index in [-0.39, 0.29) is 10.7 Å². The Kier molecular flexibility index (Phi) is 6.61. The lowest BCUT2D eigenvalue weighted by molar-refractivity contribution is 0.529. The first kappa shape index (κ1) is 23.6. The molecular formula is C24H26Cl2N2O2S2. The Balaban J connectivity index is 1.44. The molecule has 0 bridgehead atoms. The summed E-state index contributed by atoms with van der Waals surface area (Å²) >= 11 is 13.9. The highest BCUT2D eigenvalue weighted by molar-refractivity contribution is 7.92. The fourth-order valence-corrected chi connectivity index (χ4v) is 7.04. The van der Waals surface area contributed by atoms with E-state index in [9.17, 15) is 8.42 Å². The fourth-order valence-electron chi connectivity index (χ4n) is 3.92. The van der Waals surface area contributed by atoms with Crippen LogP contribution in [-0.4, -0.2) is 31.7 Å². The standard InChI is InChI=1S/C24H26Cl2N2O2S2/c1-24(2,3)16-4-7-18(8-5-16)32(29,30)19-10-12-28(13-11-19)23-27-22(15-31-23)20-9-6-17(25)14-21(20)26/h4-9,14-15,19H,10-13H2,1-3H3. The summed E-state index contributed by atoms with van der Waals surface area (Å²) in [6, 6.07) is 12.7. The zero-order chi connectivity index (χ0) is 23.1. The number of thiazole rings is 1. The van der Waals surface area contributed by atoms with Gasteiger partial charge in [0.15, 0.2) is 15.0 Å². The lowest BCUT2D eigenvalue weighted by Crippen LogP contribution is -2.39. The van der Waals surface area contributed by atoms with Crippen LogP contribution in [0.25, 0.3) is 11.3 Å². The molecule has 1 fully saturated rings. The van der Waals surface area contributed by atoms with Gasteiger partial charge in [0.25, 0.3) is 0 Å². The number of hydrogen-bond acceptors (Lipinski definition) is 5. The fraction of sp³-hybridized carbons (Fsp3) is 0.375. The average molecular weight is 510 g/mol. The number of halogens is 2. The Morgan fingerprint density at radius 3 is 2.28 bits per heavy atom. The van der Waals surface area contributed by atoms with Crippen molar-refractivity contribution in [3.8, 4) is 11.3 Å². The van der Waals surface area contributed by atoms with Crippen LogP contribution in [0.15, 0.2) is 52.7 Å². The summed E-state index contributed by atoms with van der Waals surface area (Å²) in [4.78, 5) is 7.31. The third kappa shape index (κ3) is 4.84. The number of benzene rings is 2. The van der Waals surface area contributed by atoms with Gasteiger partial charge in [-0.05, 0) is 54.2 Å². The Bertz CT molecular complexity index is 1210. The highest BCUT2D eigenvalue weighted by Gasteiger charge is 2.32. The van der Waals surface area contributed by atoms with Crippen LogP contribution in [0.4, 0.5) is 5.13 Å². The SMILES string of the molecule is CC(C)(C)c1ccc(S(=O)(=O)C2CCN(c3nc(-c4ccc(Cl)cc4Cl)cs3)CC2)cc1. The maximum atomic E-state index is 13.2. The van der Waals surface area contributed by atoms with Gasteiger partial charge in [0.05, 0.1) is 20.9 Å². The molecule has 3 aromatic rings. The summed E-state index contributed by atoms with van der Waals surface area (Å²) in [5.74, 6) is 0. The predicted molar refractivity (Wildman–Crippen MR) is 135 cm³/mol. The Hall–Kier alpha value is -1.60. The summed E-state index contributed by atoms with van der Waals surface area (Å²) in [5.41, 5.74) is 2.78. The van der Waals surface area contributed by atoms with E-state index in [0.29, 0.717) is 40.9 Å². The molecule has 0 saturated carbocycles. The van der Waals surface area contributed by atoms with Crippen LogP contribution >= 0.6 is 34.5 Å². The molecule has 4 nitrogen and oxygen atoms in total. The third-order valence-corrected chi connectivity index (χ3v) is 9.63. The predicted octanol–water partition coefficient (Wildman–Crippen LogP) is 6.86. The molecule has 1 aromatic heterocycles. The minimum Gasteiger partial charge on any atom is -0.348 e. The maximum absolute atomic E-state index is 13.2. The van der Waals surface area contributed by atoms with Gasteiger partial charge in [0.1, 0.15) is 0 Å². The number of rotatable bonds is 4. The van der Waals surface area contributed by atoms with Crippen molar-refractivity contribution in [2.24, 2.45) is 0 Å². The van der Waals surface area contributed by atoms with Gasteiger partial charge in [-0.25, -0.2) is 13.4 Å². The van der Waals surface area contributed by atoms with Crippen molar-refractivity contribution in [2.45, 2.75) is 49.2 Å². The maximum Gasteiger partial charge on any atom is 0.185 e. The van der Waals surface area contributed by atoms with Gasteiger partial charge >= 0.3 is 0 Å². The van der Waals surface area contributed by atoms with Crippen LogP contribution in [0, 0.1) is 0 Å². The summed E-state index contributed by atoms with van der Waals surface area (Å²) in [7, 11) is -3.35. The molecule has 170 valence electrons. The van der Waals surface area contributed by atoms with Crippen molar-refractivity contribution in [3.05, 3.63) is 63.5 Å². The van der Waals surface area contributed by atoms with Crippen LogP contribution in [0.1, 0.15) is 39.2 Å². The van der Waals surface area contributed by atoms with E-state index in [2.05, 4.69) is 25.7 Å². The molecule has 4 rings (SSSR count). The number of piperidine rings is 1. The lowest BCUT2D eigenvalue weighted by atomic mass is 9.87. The molecule has 2 aromatic carbocycles. The Morgan fingerprint density at radius 1 is 1.03 bits per heavy atom. The quantitative estimate of drug-likeness (QED) is 0.386. The molecule has 0 spiro atoms. The molecule has 0 aliphatic carbocycles. The minimum absolute atomic E-state index is 0.00354. The molecule has 0 N–H and O–H groups in total. The second kappa shape index (κ2) is 8.98. The molecule has 2 heterocycles. The van der Waals surface area contributed by atoms with Gasteiger partial charge in [-0.15, -0.1) is 11.3 Å². The summed E-state index contributed by atoms with van der Waals surface area (Å²) in [6.45, 7) is 7.68. The Morgan fingerprint density at radius 2 is 1.69 bits per heavy atom. The van der Waals surface area contributed by atoms with Crippen molar-refractivity contribution < 1.29 is 8.42 Å². The van der Waals surface area contributed by atoms with E-state index < -0.39 is 9.84 Å². The van der Waals surface area contributed by atoms with E-state index in [4.69, 9.17) is 28.2 Å². The van der Waals surface area contributed by atoms with Gasteiger partial charge in [-0.2, -0.15) is 0 Å². The Labute approximate surface area is 204 Å². The molecular weight excluding hydrogens is 483 g/mol. The van der Waals surface area contributed by atoms with Crippen LogP contribution in [-0.2, 0) is 15.3 Å². The van der Waals surface area contributed by atoms with Crippen molar-refractivity contribution >= 4 is 49.5 Å². The van der Waals surface area contributed by atoms with E-state index in [1.54, 1.807) is 35.6 Å². The zero-order valence-corrected chi connectivity index (χ0v) is 21.5. The van der Waals surface area contributed by atoms with Crippen molar-refractivity contribution in [1.29, 1.82) is 0 Å². The second-order valence-electron chi connectivity index (χ2n) is 9.15. The molecule has 8 heteroatoms. The molecule has 1 aliphatic rings. The summed E-state index contributed by atoms with van der Waals surface area (Å²) in [5, 5.41) is 3.65. The lowest BCUT2D eigenvalue weighted by Gasteiger charge is -2.31. The van der Waals surface area contributed by atoms with Gasteiger partial charge in [0.2, 0.25) is 0 Å². The molecule has 0 unspecified atom stereocenters. The number of hydrogen-bond donors (Lipinski definition) is 0. The molecule has 1 saturated heterocycles. The van der Waals surface area contributed by atoms with Crippen molar-refractivity contribution in [2.75, 3.05) is 18.0 Å². The van der Waals surface area contributed by atoms with Crippen LogP contribution < -0.4 is 4.90 Å². The van der Waals surface area contributed by atoms with E-state index in [1.165, 1.54) is 0 Å². The number of sulfone groups is 1. The van der Waals surface area contributed by atoms with Crippen LogP contribution in [0.3, 0.4) is 0 Å². The highest BCUT2D eigenvalue weighted by Crippen LogP contribution is 2.35. The number of nitrogens with zero attached hydrogens (tertiary/aromatic N) is 2. The van der Waals surface area contributed by atoms with Crippen LogP contribution in [0.2, 0.25) is 10.0 Å². The molecule has 0 radical (unpaired) electrons. The van der Waals surface area contributed by atoms with E-state index in [0.717, 1.165) is 22.0 Å². The highest BCUT2D eigenvalue weighted by atomic mass is 35.5. The number of anilines is 1. The van der Waals surface area contributed by atoms with Gasteiger partial charge in [-0.3, -0.25) is 0 Å². The summed E-state index contributed by atoms with van der Waals surface area (Å²) < 4.78 is 26.4. The minimum atomic E-state index is -3.35. The first-order valence-electron chi connectivity index (χ1n) is 10.6. The monoisotopic (exact) mass is 508 g/mol. The topological polar surface area (TPSA) is 50.3 Å². The normalized spacial score (nSPS) is 15.8. The largest absolute Gasteiger partial charge is 0.348 e. The second-order valence-corrected chi connectivity index (χ2v) is 13.1. The summed E-state index contributed by atoms with van der Waals surface area (Å²) in [6.07, 6.45) is 1.17. The molecule has 0 atom stereocenters. The van der Waals surface area contributed by atoms with E-state index >= 15 is 0 Å². The van der Waals surface area contributed by atoms with E-state index in [1.807, 2.05) is 23.6 Å². The molecule has 1 aliphatic heterocycles.